The normalized spacial score (nSPS) is 12.9. The molecule has 1 atom stereocenters. The number of hydrogen-bond donors (Lipinski definition) is 0. The maximum atomic E-state index is 3.88. The summed E-state index contributed by atoms with van der Waals surface area (Å²) in [4.78, 5) is 0. The first-order chi connectivity index (χ1) is 13.3. The van der Waals surface area contributed by atoms with Gasteiger partial charge >= 0.3 is 21.7 Å². The molecule has 0 heterocycles. The van der Waals surface area contributed by atoms with Gasteiger partial charge in [-0.15, -0.1) is 11.1 Å². The predicted octanol–water partition coefficient (Wildman–Crippen LogP) is -5.12. The van der Waals surface area contributed by atoms with E-state index in [9.17, 15) is 0 Å². The van der Waals surface area contributed by atoms with Crippen LogP contribution in [-0.2, 0) is 21.7 Å². The van der Waals surface area contributed by atoms with Gasteiger partial charge in [-0.2, -0.15) is 23.4 Å². The summed E-state index contributed by atoms with van der Waals surface area (Å²) in [5.41, 5.74) is 5.52. The van der Waals surface area contributed by atoms with Crippen molar-refractivity contribution in [1.29, 1.82) is 0 Å². The van der Waals surface area contributed by atoms with Crippen molar-refractivity contribution in [3.63, 3.8) is 0 Å². The summed E-state index contributed by atoms with van der Waals surface area (Å²) < 4.78 is 0. The maximum Gasteiger partial charge on any atom is 4.00 e. The number of rotatable bonds is 3. The standard InChI is InChI=1S/C26H21Si.3ClH.Ti/c1-19-23-14-8-9-15-24(23)25-17-16-22(18-26(19)25)27(20-10-4-2-5-11-20)21-12-6-3-7-13-21;;;;/h2-17,19,27H,1H3;3*1H;/q-1;;;;+4/p-3. The first-order valence-electron chi connectivity index (χ1n) is 9.58. The summed E-state index contributed by atoms with van der Waals surface area (Å²) in [5.74, 6) is 0.414. The summed E-state index contributed by atoms with van der Waals surface area (Å²) in [7, 11) is -1.52. The van der Waals surface area contributed by atoms with Crippen LogP contribution in [0.2, 0.25) is 0 Å². The molecule has 0 aliphatic heterocycles. The van der Waals surface area contributed by atoms with Gasteiger partial charge in [0, 0.05) is 0 Å². The van der Waals surface area contributed by atoms with Crippen LogP contribution < -0.4 is 52.8 Å². The van der Waals surface area contributed by atoms with Crippen LogP contribution in [-0.4, -0.2) is 8.80 Å². The molecule has 0 nitrogen and oxygen atoms in total. The van der Waals surface area contributed by atoms with Crippen molar-refractivity contribution in [2.24, 2.45) is 0 Å². The second kappa shape index (κ2) is 12.1. The van der Waals surface area contributed by atoms with Crippen LogP contribution in [0.5, 0.6) is 0 Å². The molecule has 0 bridgehead atoms. The van der Waals surface area contributed by atoms with Crippen LogP contribution in [0.4, 0.5) is 0 Å². The molecule has 31 heavy (non-hydrogen) atoms. The molecule has 0 amide bonds. The number of hydrogen-bond acceptors (Lipinski definition) is 0. The van der Waals surface area contributed by atoms with E-state index in [1.54, 1.807) is 0 Å². The van der Waals surface area contributed by atoms with E-state index in [0.29, 0.717) is 5.92 Å². The zero-order valence-electron chi connectivity index (χ0n) is 17.0. The van der Waals surface area contributed by atoms with Crippen LogP contribution >= 0.6 is 0 Å². The molecule has 0 aromatic heterocycles. The van der Waals surface area contributed by atoms with Crippen molar-refractivity contribution in [2.45, 2.75) is 12.8 Å². The fourth-order valence-electron chi connectivity index (χ4n) is 4.39. The van der Waals surface area contributed by atoms with Gasteiger partial charge in [0.25, 0.3) is 0 Å². The predicted molar refractivity (Wildman–Crippen MR) is 117 cm³/mol. The molecule has 0 radical (unpaired) electrons. The van der Waals surface area contributed by atoms with Gasteiger partial charge in [0.1, 0.15) is 8.80 Å². The van der Waals surface area contributed by atoms with Crippen molar-refractivity contribution in [3.8, 4) is 11.1 Å². The van der Waals surface area contributed by atoms with Gasteiger partial charge in [0.05, 0.1) is 0 Å². The molecule has 1 unspecified atom stereocenters. The third-order valence-corrected chi connectivity index (χ3v) is 8.79. The summed E-state index contributed by atoms with van der Waals surface area (Å²) >= 11 is 0. The van der Waals surface area contributed by atoms with E-state index in [1.165, 1.54) is 37.8 Å². The van der Waals surface area contributed by atoms with E-state index >= 15 is 0 Å². The van der Waals surface area contributed by atoms with E-state index < -0.39 is 8.80 Å². The minimum atomic E-state index is -1.52. The zero-order chi connectivity index (χ0) is 18.2. The summed E-state index contributed by atoms with van der Waals surface area (Å²) in [6.07, 6.45) is 0. The SMILES string of the molecule is CC1c2[c-]c([SiH](c3ccccc3)c3ccccc3)ccc2-c2ccccc21.[Cl-].[Cl-].[Cl-].[Ti+4]. The fraction of sp³-hybridized carbons (Fsp3) is 0.0769. The molecule has 5 rings (SSSR count). The number of fused-ring (bicyclic) bond motifs is 3. The number of benzene rings is 4. The monoisotopic (exact) mass is 514 g/mol. The Morgan fingerprint density at radius 1 is 0.613 bits per heavy atom. The minimum absolute atomic E-state index is 0. The van der Waals surface area contributed by atoms with Gasteiger partial charge in [0.2, 0.25) is 0 Å². The largest absolute Gasteiger partial charge is 4.00 e. The first-order valence-corrected chi connectivity index (χ1v) is 11.3. The van der Waals surface area contributed by atoms with Gasteiger partial charge in [-0.05, 0) is 11.5 Å². The van der Waals surface area contributed by atoms with Gasteiger partial charge < -0.3 is 37.2 Å². The molecular formula is C26H21Cl3SiTi. The van der Waals surface area contributed by atoms with Crippen molar-refractivity contribution in [1.82, 2.24) is 0 Å². The van der Waals surface area contributed by atoms with Crippen molar-refractivity contribution < 1.29 is 58.9 Å². The molecular weight excluding hydrogens is 495 g/mol. The molecule has 0 fully saturated rings. The Kier molecular flexibility index (Phi) is 10.8. The third-order valence-electron chi connectivity index (χ3n) is 5.73. The smallest absolute Gasteiger partial charge is 1.00 e. The van der Waals surface area contributed by atoms with Crippen LogP contribution in [0.25, 0.3) is 11.1 Å². The quantitative estimate of drug-likeness (QED) is 0.146. The minimum Gasteiger partial charge on any atom is -1.00 e. The van der Waals surface area contributed by atoms with Gasteiger partial charge in [-0.25, -0.2) is 0 Å². The van der Waals surface area contributed by atoms with E-state index in [2.05, 4.69) is 110 Å². The first kappa shape index (κ1) is 27.7. The van der Waals surface area contributed by atoms with Crippen LogP contribution in [0.1, 0.15) is 24.0 Å². The van der Waals surface area contributed by atoms with E-state index in [1.807, 2.05) is 0 Å². The molecule has 0 N–H and O–H groups in total. The molecule has 154 valence electrons. The van der Waals surface area contributed by atoms with Crippen molar-refractivity contribution >= 4 is 24.4 Å². The second-order valence-electron chi connectivity index (χ2n) is 7.30. The second-order valence-corrected chi connectivity index (χ2v) is 10.1. The van der Waals surface area contributed by atoms with Crippen LogP contribution in [0, 0.1) is 6.07 Å². The Bertz CT molecular complexity index is 1060. The Morgan fingerprint density at radius 2 is 1.13 bits per heavy atom. The molecule has 0 spiro atoms. The van der Waals surface area contributed by atoms with E-state index in [-0.39, 0.29) is 58.9 Å². The number of halogens is 3. The molecule has 1 aliphatic rings. The maximum absolute atomic E-state index is 3.88. The Hall–Kier alpha value is -1.32. The summed E-state index contributed by atoms with van der Waals surface area (Å²) in [5, 5.41) is 4.27. The van der Waals surface area contributed by atoms with E-state index in [0.717, 1.165) is 0 Å². The molecule has 0 saturated carbocycles. The molecule has 4 aromatic rings. The van der Waals surface area contributed by atoms with Crippen molar-refractivity contribution in [3.05, 3.63) is 114 Å². The molecule has 1 aliphatic carbocycles. The van der Waals surface area contributed by atoms with Gasteiger partial charge in [-0.3, -0.25) is 0 Å². The Morgan fingerprint density at radius 3 is 1.71 bits per heavy atom. The molecule has 4 aromatic carbocycles. The average Bonchev–Trinajstić information content (AvgIpc) is 3.02. The van der Waals surface area contributed by atoms with Crippen LogP contribution in [0.3, 0.4) is 0 Å². The summed E-state index contributed by atoms with van der Waals surface area (Å²) in [6.45, 7) is 2.31. The average molecular weight is 516 g/mol. The van der Waals surface area contributed by atoms with Crippen molar-refractivity contribution in [2.75, 3.05) is 0 Å². The van der Waals surface area contributed by atoms with E-state index in [4.69, 9.17) is 0 Å². The molecule has 0 saturated heterocycles. The zero-order valence-corrected chi connectivity index (χ0v) is 22.0. The Labute approximate surface area is 220 Å². The third kappa shape index (κ3) is 5.20. The van der Waals surface area contributed by atoms with Gasteiger partial charge in [-0.1, -0.05) is 108 Å². The summed E-state index contributed by atoms with van der Waals surface area (Å²) in [6, 6.07) is 39.3. The van der Waals surface area contributed by atoms with Crippen LogP contribution in [0.15, 0.2) is 97.1 Å². The Balaban J connectivity index is 0.00000120. The fourth-order valence-corrected chi connectivity index (χ4v) is 7.30. The molecule has 5 heteroatoms. The van der Waals surface area contributed by atoms with Gasteiger partial charge in [0.15, 0.2) is 0 Å². The topological polar surface area (TPSA) is 0 Å².